The van der Waals surface area contributed by atoms with E-state index in [1.54, 1.807) is 0 Å². The molecule has 4 nitrogen and oxygen atoms in total. The maximum Gasteiger partial charge on any atom is 0.251 e. The van der Waals surface area contributed by atoms with Crippen molar-refractivity contribution in [3.05, 3.63) is 52.8 Å². The maximum atomic E-state index is 12.5. The van der Waals surface area contributed by atoms with Gasteiger partial charge in [0.25, 0.3) is 5.91 Å². The number of hydrogen-bond acceptors (Lipinski definition) is 2. The Morgan fingerprint density at radius 2 is 2.00 bits per heavy atom. The van der Waals surface area contributed by atoms with Crippen molar-refractivity contribution in [2.24, 2.45) is 11.8 Å². The van der Waals surface area contributed by atoms with Gasteiger partial charge in [-0.05, 0) is 68.7 Å². The first-order chi connectivity index (χ1) is 11.6. The molecule has 2 aromatic rings. The van der Waals surface area contributed by atoms with Crippen molar-refractivity contribution >= 4 is 5.91 Å². The summed E-state index contributed by atoms with van der Waals surface area (Å²) in [5.74, 6) is 1.64. The minimum absolute atomic E-state index is 0.0743. The van der Waals surface area contributed by atoms with E-state index < -0.39 is 0 Å². The van der Waals surface area contributed by atoms with Crippen molar-refractivity contribution in [3.8, 4) is 0 Å². The van der Waals surface area contributed by atoms with E-state index >= 15 is 0 Å². The van der Waals surface area contributed by atoms with Crippen LogP contribution in [0.2, 0.25) is 0 Å². The quantitative estimate of drug-likeness (QED) is 0.936. The summed E-state index contributed by atoms with van der Waals surface area (Å²) in [6.07, 6.45) is 5.13. The molecule has 3 atom stereocenters. The van der Waals surface area contributed by atoms with Gasteiger partial charge in [-0.2, -0.15) is 5.10 Å². The van der Waals surface area contributed by atoms with Gasteiger partial charge in [-0.1, -0.05) is 18.6 Å². The van der Waals surface area contributed by atoms with E-state index in [4.69, 9.17) is 0 Å². The van der Waals surface area contributed by atoms with Gasteiger partial charge in [0.15, 0.2) is 0 Å². The number of amides is 1. The second-order valence-corrected chi connectivity index (χ2v) is 7.54. The van der Waals surface area contributed by atoms with E-state index in [-0.39, 0.29) is 5.91 Å². The lowest BCUT2D eigenvalue weighted by Crippen LogP contribution is -2.38. The highest BCUT2D eigenvalue weighted by Gasteiger charge is 2.40. The molecule has 0 unspecified atom stereocenters. The fourth-order valence-corrected chi connectivity index (χ4v) is 4.44. The molecular weight excluding hydrogens is 298 g/mol. The third-order valence-electron chi connectivity index (χ3n) is 5.71. The SMILES string of the molecule is Cc1cc(C)n(Cc2ccc(C(=O)N[C@H]3C[C@H]4CC[C@H]3C4)cc2)n1. The molecule has 24 heavy (non-hydrogen) atoms. The molecule has 4 heteroatoms. The second-order valence-electron chi connectivity index (χ2n) is 7.54. The first-order valence-corrected chi connectivity index (χ1v) is 8.99. The molecule has 1 aromatic heterocycles. The highest BCUT2D eigenvalue weighted by Crippen LogP contribution is 2.44. The van der Waals surface area contributed by atoms with Crippen LogP contribution in [0.1, 0.15) is 53.0 Å². The zero-order chi connectivity index (χ0) is 16.7. The smallest absolute Gasteiger partial charge is 0.251 e. The van der Waals surface area contributed by atoms with Crippen molar-refractivity contribution in [3.63, 3.8) is 0 Å². The first-order valence-electron chi connectivity index (χ1n) is 8.99. The highest BCUT2D eigenvalue weighted by molar-refractivity contribution is 5.94. The van der Waals surface area contributed by atoms with E-state index in [1.807, 2.05) is 35.9 Å². The summed E-state index contributed by atoms with van der Waals surface area (Å²) in [5, 5.41) is 7.74. The normalized spacial score (nSPS) is 25.2. The number of carbonyl (C=O) groups excluding carboxylic acids is 1. The summed E-state index contributed by atoms with van der Waals surface area (Å²) in [6.45, 7) is 4.82. The fourth-order valence-electron chi connectivity index (χ4n) is 4.44. The monoisotopic (exact) mass is 323 g/mol. The summed E-state index contributed by atoms with van der Waals surface area (Å²) in [7, 11) is 0. The van der Waals surface area contributed by atoms with Crippen LogP contribution in [0.3, 0.4) is 0 Å². The lowest BCUT2D eigenvalue weighted by atomic mass is 9.95. The van der Waals surface area contributed by atoms with Crippen LogP contribution in [0.5, 0.6) is 0 Å². The number of nitrogens with one attached hydrogen (secondary N) is 1. The number of benzene rings is 1. The number of nitrogens with zero attached hydrogens (tertiary/aromatic N) is 2. The molecule has 0 saturated heterocycles. The summed E-state index contributed by atoms with van der Waals surface area (Å²) in [6, 6.07) is 10.4. The van der Waals surface area contributed by atoms with Crippen LogP contribution in [-0.2, 0) is 6.54 Å². The molecule has 126 valence electrons. The number of aryl methyl sites for hydroxylation is 2. The van der Waals surface area contributed by atoms with Crippen LogP contribution in [0.25, 0.3) is 0 Å². The molecule has 2 bridgehead atoms. The van der Waals surface area contributed by atoms with Crippen molar-refractivity contribution in [1.82, 2.24) is 15.1 Å². The maximum absolute atomic E-state index is 12.5. The number of hydrogen-bond donors (Lipinski definition) is 1. The average Bonchev–Trinajstić information content (AvgIpc) is 3.24. The van der Waals surface area contributed by atoms with Gasteiger partial charge < -0.3 is 5.32 Å². The third kappa shape index (κ3) is 2.97. The molecule has 2 fully saturated rings. The van der Waals surface area contributed by atoms with Gasteiger partial charge in [-0.15, -0.1) is 0 Å². The second kappa shape index (κ2) is 6.08. The average molecular weight is 323 g/mol. The van der Waals surface area contributed by atoms with Gasteiger partial charge in [0.2, 0.25) is 0 Å². The molecule has 2 saturated carbocycles. The zero-order valence-corrected chi connectivity index (χ0v) is 14.5. The molecule has 2 aliphatic rings. The summed E-state index contributed by atoms with van der Waals surface area (Å²) >= 11 is 0. The van der Waals surface area contributed by atoms with E-state index in [0.29, 0.717) is 12.0 Å². The fraction of sp³-hybridized carbons (Fsp3) is 0.500. The Balaban J connectivity index is 1.40. The van der Waals surface area contributed by atoms with Crippen molar-refractivity contribution in [2.45, 2.75) is 52.1 Å². The molecule has 0 radical (unpaired) electrons. The topological polar surface area (TPSA) is 46.9 Å². The van der Waals surface area contributed by atoms with Crippen LogP contribution in [0.4, 0.5) is 0 Å². The van der Waals surface area contributed by atoms with Gasteiger partial charge in [-0.3, -0.25) is 9.48 Å². The van der Waals surface area contributed by atoms with Gasteiger partial charge in [0, 0.05) is 17.3 Å². The van der Waals surface area contributed by atoms with E-state index in [0.717, 1.165) is 35.0 Å². The van der Waals surface area contributed by atoms with Crippen molar-refractivity contribution in [2.75, 3.05) is 0 Å². The minimum Gasteiger partial charge on any atom is -0.349 e. The van der Waals surface area contributed by atoms with Crippen LogP contribution >= 0.6 is 0 Å². The Bertz CT molecular complexity index is 747. The molecular formula is C20H25N3O. The zero-order valence-electron chi connectivity index (χ0n) is 14.5. The predicted molar refractivity (Wildman–Crippen MR) is 93.9 cm³/mol. The number of fused-ring (bicyclic) bond motifs is 2. The van der Waals surface area contributed by atoms with Crippen LogP contribution in [0.15, 0.2) is 30.3 Å². The van der Waals surface area contributed by atoms with Gasteiger partial charge in [0.05, 0.1) is 12.2 Å². The molecule has 4 rings (SSSR count). The largest absolute Gasteiger partial charge is 0.349 e. The standard InChI is InChI=1S/C20H25N3O/c1-13-9-14(2)23(22-13)12-15-3-6-17(7-4-15)20(24)21-19-11-16-5-8-18(19)10-16/h3-4,6-7,9,16,18-19H,5,8,10-12H2,1-2H3,(H,21,24)/t16-,18-,19-/m0/s1. The Morgan fingerprint density at radius 3 is 2.58 bits per heavy atom. The van der Waals surface area contributed by atoms with E-state index in [9.17, 15) is 4.79 Å². The predicted octanol–water partition coefficient (Wildman–Crippen LogP) is 3.47. The Labute approximate surface area is 143 Å². The Kier molecular flexibility index (Phi) is 3.91. The molecule has 0 aliphatic heterocycles. The Morgan fingerprint density at radius 1 is 1.21 bits per heavy atom. The van der Waals surface area contributed by atoms with Crippen molar-refractivity contribution in [1.29, 1.82) is 0 Å². The highest BCUT2D eigenvalue weighted by atomic mass is 16.1. The van der Waals surface area contributed by atoms with E-state index in [2.05, 4.69) is 23.4 Å². The van der Waals surface area contributed by atoms with Crippen LogP contribution in [-0.4, -0.2) is 21.7 Å². The number of carbonyl (C=O) groups is 1. The summed E-state index contributed by atoms with van der Waals surface area (Å²) < 4.78 is 2.00. The molecule has 1 heterocycles. The molecule has 1 N–H and O–H groups in total. The minimum atomic E-state index is 0.0743. The Hall–Kier alpha value is -2.10. The van der Waals surface area contributed by atoms with Gasteiger partial charge in [-0.25, -0.2) is 0 Å². The summed E-state index contributed by atoms with van der Waals surface area (Å²) in [5.41, 5.74) is 4.12. The van der Waals surface area contributed by atoms with Crippen LogP contribution in [0, 0.1) is 25.7 Å². The molecule has 1 amide bonds. The lowest BCUT2D eigenvalue weighted by molar-refractivity contribution is 0.0923. The molecule has 1 aromatic carbocycles. The first kappa shape index (κ1) is 15.4. The summed E-state index contributed by atoms with van der Waals surface area (Å²) in [4.78, 5) is 12.5. The number of rotatable bonds is 4. The molecule has 0 spiro atoms. The van der Waals surface area contributed by atoms with E-state index in [1.165, 1.54) is 25.7 Å². The molecule has 2 aliphatic carbocycles. The van der Waals surface area contributed by atoms with Crippen molar-refractivity contribution < 1.29 is 4.79 Å². The number of aromatic nitrogens is 2. The lowest BCUT2D eigenvalue weighted by Gasteiger charge is -2.22. The van der Waals surface area contributed by atoms with Gasteiger partial charge >= 0.3 is 0 Å². The third-order valence-corrected chi connectivity index (χ3v) is 5.71. The van der Waals surface area contributed by atoms with Gasteiger partial charge in [0.1, 0.15) is 0 Å². The van der Waals surface area contributed by atoms with Crippen LogP contribution < -0.4 is 5.32 Å².